The second-order valence-electron chi connectivity index (χ2n) is 6.65. The maximum atomic E-state index is 11.7. The van der Waals surface area contributed by atoms with Crippen LogP contribution in [0.2, 0.25) is 0 Å². The fraction of sp³-hybridized carbons (Fsp3) is 1.00. The third kappa shape index (κ3) is 4.16. The van der Waals surface area contributed by atoms with Crippen molar-refractivity contribution in [2.24, 2.45) is 23.5 Å². The molecule has 118 valence electrons. The summed E-state index contributed by atoms with van der Waals surface area (Å²) in [7, 11) is -3.03. The van der Waals surface area contributed by atoms with E-state index in [1.807, 2.05) is 0 Å². The molecule has 2 heterocycles. The van der Waals surface area contributed by atoms with Gasteiger partial charge in [0.2, 0.25) is 10.0 Å². The zero-order valence-electron chi connectivity index (χ0n) is 12.8. The standard InChI is InChI=1S/C14H29N3O2S/c1-12-5-7-16(11-14(12)8-15)9-13-4-3-6-17(10-13)20(2,18)19/h12-14H,3-11,15H2,1-2H3. The Morgan fingerprint density at radius 2 is 1.95 bits per heavy atom. The van der Waals surface area contributed by atoms with E-state index in [-0.39, 0.29) is 0 Å². The largest absolute Gasteiger partial charge is 0.330 e. The van der Waals surface area contributed by atoms with E-state index in [0.717, 1.165) is 44.9 Å². The Labute approximate surface area is 123 Å². The highest BCUT2D eigenvalue weighted by Crippen LogP contribution is 2.25. The van der Waals surface area contributed by atoms with Gasteiger partial charge in [-0.15, -0.1) is 0 Å². The Kier molecular flexibility index (Phi) is 5.45. The first-order valence-corrected chi connectivity index (χ1v) is 9.62. The number of hydrogen-bond donors (Lipinski definition) is 1. The van der Waals surface area contributed by atoms with Crippen molar-refractivity contribution in [3.63, 3.8) is 0 Å². The fourth-order valence-electron chi connectivity index (χ4n) is 3.54. The van der Waals surface area contributed by atoms with E-state index in [0.29, 0.717) is 24.9 Å². The molecule has 20 heavy (non-hydrogen) atoms. The van der Waals surface area contributed by atoms with Gasteiger partial charge >= 0.3 is 0 Å². The molecule has 0 spiro atoms. The van der Waals surface area contributed by atoms with Crippen molar-refractivity contribution in [2.75, 3.05) is 45.5 Å². The van der Waals surface area contributed by atoms with E-state index in [1.54, 1.807) is 4.31 Å². The smallest absolute Gasteiger partial charge is 0.211 e. The van der Waals surface area contributed by atoms with Gasteiger partial charge in [-0.05, 0) is 50.1 Å². The number of sulfonamides is 1. The van der Waals surface area contributed by atoms with Crippen LogP contribution in [0.15, 0.2) is 0 Å². The van der Waals surface area contributed by atoms with Gasteiger partial charge < -0.3 is 10.6 Å². The van der Waals surface area contributed by atoms with Crippen LogP contribution in [-0.4, -0.2) is 63.1 Å². The van der Waals surface area contributed by atoms with Gasteiger partial charge in [-0.25, -0.2) is 12.7 Å². The maximum Gasteiger partial charge on any atom is 0.211 e. The summed E-state index contributed by atoms with van der Waals surface area (Å²) in [6, 6.07) is 0. The molecule has 0 aromatic carbocycles. The van der Waals surface area contributed by atoms with E-state index >= 15 is 0 Å². The predicted octanol–water partition coefficient (Wildman–Crippen LogP) is 0.575. The summed E-state index contributed by atoms with van der Waals surface area (Å²) in [5, 5.41) is 0. The molecule has 5 nitrogen and oxygen atoms in total. The highest BCUT2D eigenvalue weighted by atomic mass is 32.2. The first-order valence-electron chi connectivity index (χ1n) is 7.77. The Morgan fingerprint density at radius 1 is 1.20 bits per heavy atom. The van der Waals surface area contributed by atoms with Crippen molar-refractivity contribution in [2.45, 2.75) is 26.2 Å². The summed E-state index contributed by atoms with van der Waals surface area (Å²) < 4.78 is 25.0. The zero-order valence-corrected chi connectivity index (χ0v) is 13.6. The van der Waals surface area contributed by atoms with Crippen molar-refractivity contribution in [3.05, 3.63) is 0 Å². The van der Waals surface area contributed by atoms with Crippen LogP contribution in [0.4, 0.5) is 0 Å². The first kappa shape index (κ1) is 16.2. The minimum Gasteiger partial charge on any atom is -0.330 e. The van der Waals surface area contributed by atoms with Gasteiger partial charge in [0.05, 0.1) is 6.26 Å². The zero-order chi connectivity index (χ0) is 14.8. The fourth-order valence-corrected chi connectivity index (χ4v) is 4.48. The molecule has 2 fully saturated rings. The molecule has 0 amide bonds. The molecule has 2 N–H and O–H groups in total. The van der Waals surface area contributed by atoms with E-state index < -0.39 is 10.0 Å². The third-order valence-electron chi connectivity index (χ3n) is 4.97. The van der Waals surface area contributed by atoms with Crippen LogP contribution >= 0.6 is 0 Å². The normalized spacial score (nSPS) is 34.2. The lowest BCUT2D eigenvalue weighted by molar-refractivity contribution is 0.101. The molecule has 0 aromatic heterocycles. The number of nitrogens with zero attached hydrogens (tertiary/aromatic N) is 2. The van der Waals surface area contributed by atoms with Gasteiger partial charge in [0.15, 0.2) is 0 Å². The lowest BCUT2D eigenvalue weighted by atomic mass is 9.86. The molecular weight excluding hydrogens is 274 g/mol. The topological polar surface area (TPSA) is 66.6 Å². The molecule has 0 saturated carbocycles. The van der Waals surface area contributed by atoms with Gasteiger partial charge in [-0.1, -0.05) is 6.92 Å². The average Bonchev–Trinajstić information content (AvgIpc) is 2.40. The van der Waals surface area contributed by atoms with Gasteiger partial charge in [-0.2, -0.15) is 0 Å². The number of likely N-dealkylation sites (tertiary alicyclic amines) is 1. The third-order valence-corrected chi connectivity index (χ3v) is 6.24. The summed E-state index contributed by atoms with van der Waals surface area (Å²) in [4.78, 5) is 2.49. The van der Waals surface area contributed by atoms with Crippen LogP contribution in [0, 0.1) is 17.8 Å². The molecule has 2 aliphatic rings. The first-order chi connectivity index (χ1) is 9.40. The Morgan fingerprint density at radius 3 is 2.60 bits per heavy atom. The molecule has 2 aliphatic heterocycles. The van der Waals surface area contributed by atoms with Crippen LogP contribution in [0.1, 0.15) is 26.2 Å². The van der Waals surface area contributed by atoms with Crippen molar-refractivity contribution >= 4 is 10.0 Å². The predicted molar refractivity (Wildman–Crippen MR) is 81.9 cm³/mol. The van der Waals surface area contributed by atoms with E-state index in [9.17, 15) is 8.42 Å². The van der Waals surface area contributed by atoms with Crippen LogP contribution in [0.5, 0.6) is 0 Å². The van der Waals surface area contributed by atoms with Gasteiger partial charge in [-0.3, -0.25) is 0 Å². The quantitative estimate of drug-likeness (QED) is 0.825. The van der Waals surface area contributed by atoms with Crippen LogP contribution in [-0.2, 0) is 10.0 Å². The summed E-state index contributed by atoms with van der Waals surface area (Å²) in [5.41, 5.74) is 5.85. The number of nitrogens with two attached hydrogens (primary N) is 1. The van der Waals surface area contributed by atoms with Crippen molar-refractivity contribution < 1.29 is 8.42 Å². The minimum atomic E-state index is -3.03. The van der Waals surface area contributed by atoms with Gasteiger partial charge in [0.25, 0.3) is 0 Å². The van der Waals surface area contributed by atoms with E-state index in [1.165, 1.54) is 12.7 Å². The second kappa shape index (κ2) is 6.73. The molecule has 0 radical (unpaired) electrons. The molecule has 2 saturated heterocycles. The molecule has 6 heteroatoms. The average molecular weight is 303 g/mol. The number of hydrogen-bond acceptors (Lipinski definition) is 4. The number of rotatable bonds is 4. The molecule has 3 atom stereocenters. The van der Waals surface area contributed by atoms with Crippen LogP contribution in [0.3, 0.4) is 0 Å². The number of piperidine rings is 2. The maximum absolute atomic E-state index is 11.7. The van der Waals surface area contributed by atoms with Crippen molar-refractivity contribution in [1.82, 2.24) is 9.21 Å². The van der Waals surface area contributed by atoms with Crippen molar-refractivity contribution in [1.29, 1.82) is 0 Å². The lowest BCUT2D eigenvalue weighted by Crippen LogP contribution is -2.47. The Bertz CT molecular complexity index is 413. The van der Waals surface area contributed by atoms with Gasteiger partial charge in [0.1, 0.15) is 0 Å². The molecule has 3 unspecified atom stereocenters. The lowest BCUT2D eigenvalue weighted by Gasteiger charge is -2.40. The Balaban J connectivity index is 1.87. The van der Waals surface area contributed by atoms with Crippen LogP contribution in [0.25, 0.3) is 0 Å². The monoisotopic (exact) mass is 303 g/mol. The van der Waals surface area contributed by atoms with E-state index in [4.69, 9.17) is 5.73 Å². The highest BCUT2D eigenvalue weighted by Gasteiger charge is 2.30. The molecule has 2 rings (SSSR count). The minimum absolute atomic E-state index is 0.477. The molecule has 0 aromatic rings. The summed E-state index contributed by atoms with van der Waals surface area (Å²) in [6.07, 6.45) is 4.67. The summed E-state index contributed by atoms with van der Waals surface area (Å²) >= 11 is 0. The van der Waals surface area contributed by atoms with Gasteiger partial charge in [0, 0.05) is 26.2 Å². The Hall–Kier alpha value is -0.170. The molecular formula is C14H29N3O2S. The highest BCUT2D eigenvalue weighted by molar-refractivity contribution is 7.88. The molecule has 0 aliphatic carbocycles. The second-order valence-corrected chi connectivity index (χ2v) is 8.63. The summed E-state index contributed by atoms with van der Waals surface area (Å²) in [6.45, 7) is 7.67. The molecule has 0 bridgehead atoms. The SMILES string of the molecule is CC1CCN(CC2CCCN(S(C)(=O)=O)C2)CC1CN. The van der Waals surface area contributed by atoms with Crippen molar-refractivity contribution in [3.8, 4) is 0 Å². The van der Waals surface area contributed by atoms with Crippen LogP contribution < -0.4 is 5.73 Å². The van der Waals surface area contributed by atoms with E-state index in [2.05, 4.69) is 11.8 Å². The summed E-state index contributed by atoms with van der Waals surface area (Å²) in [5.74, 6) is 1.79.